The highest BCUT2D eigenvalue weighted by Crippen LogP contribution is 2.33. The molecular weight excluding hydrogens is 374 g/mol. The van der Waals surface area contributed by atoms with Gasteiger partial charge in [-0.3, -0.25) is 9.59 Å². The molecular formula is C22H32ClN3O2. The minimum atomic E-state index is -0.0229. The Bertz CT molecular complexity index is 672. The Morgan fingerprint density at radius 1 is 1.04 bits per heavy atom. The molecule has 0 bridgehead atoms. The summed E-state index contributed by atoms with van der Waals surface area (Å²) < 4.78 is 0. The van der Waals surface area contributed by atoms with E-state index in [1.165, 1.54) is 25.7 Å². The molecule has 2 amide bonds. The average Bonchev–Trinajstić information content (AvgIpc) is 3.13. The van der Waals surface area contributed by atoms with Crippen molar-refractivity contribution in [3.05, 3.63) is 35.4 Å². The van der Waals surface area contributed by atoms with E-state index < -0.39 is 0 Å². The summed E-state index contributed by atoms with van der Waals surface area (Å²) in [4.78, 5) is 27.2. The smallest absolute Gasteiger partial charge is 0.253 e. The van der Waals surface area contributed by atoms with Crippen molar-refractivity contribution < 1.29 is 9.59 Å². The fourth-order valence-electron chi connectivity index (χ4n) is 4.93. The number of piperidine rings is 1. The molecule has 28 heavy (non-hydrogen) atoms. The maximum atomic E-state index is 12.7. The van der Waals surface area contributed by atoms with E-state index in [2.05, 4.69) is 10.6 Å². The van der Waals surface area contributed by atoms with Crippen molar-refractivity contribution in [2.24, 2.45) is 5.92 Å². The monoisotopic (exact) mass is 405 g/mol. The van der Waals surface area contributed by atoms with Crippen molar-refractivity contribution in [3.8, 4) is 0 Å². The second-order valence-corrected chi connectivity index (χ2v) is 8.55. The van der Waals surface area contributed by atoms with E-state index in [1.807, 2.05) is 36.1 Å². The largest absolute Gasteiger partial charge is 0.352 e. The third-order valence-corrected chi connectivity index (χ3v) is 6.61. The Kier molecular flexibility index (Phi) is 7.00. The fraction of sp³-hybridized carbons (Fsp3) is 0.636. The maximum absolute atomic E-state index is 12.7. The zero-order valence-electron chi connectivity index (χ0n) is 16.7. The third-order valence-electron chi connectivity index (χ3n) is 6.61. The van der Waals surface area contributed by atoms with E-state index in [4.69, 9.17) is 0 Å². The Morgan fingerprint density at radius 3 is 2.39 bits per heavy atom. The molecule has 3 atom stereocenters. The molecule has 1 saturated carbocycles. The number of hydrogen-bond donors (Lipinski definition) is 2. The number of hydrogen-bond acceptors (Lipinski definition) is 3. The minimum absolute atomic E-state index is 0. The van der Waals surface area contributed by atoms with Crippen LogP contribution in [0.25, 0.3) is 0 Å². The van der Waals surface area contributed by atoms with Crippen LogP contribution in [-0.2, 0) is 4.79 Å². The standard InChI is InChI=1S/C22H31N3O2.ClH/c1-15-6-8-16(9-7-15)22(27)25-12-10-18(11-13-25)23-21(26)20-14-17-4-2-3-5-19(17)24-20;/h6-9,17-20,24H,2-5,10-14H2,1H3,(H,23,26);1H. The lowest BCUT2D eigenvalue weighted by Crippen LogP contribution is -2.51. The van der Waals surface area contributed by atoms with Gasteiger partial charge in [-0.1, -0.05) is 30.5 Å². The van der Waals surface area contributed by atoms with Gasteiger partial charge >= 0.3 is 0 Å². The van der Waals surface area contributed by atoms with Crippen LogP contribution in [0.15, 0.2) is 24.3 Å². The van der Waals surface area contributed by atoms with Gasteiger partial charge in [0.2, 0.25) is 5.91 Å². The van der Waals surface area contributed by atoms with Crippen molar-refractivity contribution in [2.45, 2.75) is 70.0 Å². The van der Waals surface area contributed by atoms with Crippen molar-refractivity contribution in [2.75, 3.05) is 13.1 Å². The van der Waals surface area contributed by atoms with Crippen molar-refractivity contribution >= 4 is 24.2 Å². The molecule has 6 heteroatoms. The van der Waals surface area contributed by atoms with Crippen LogP contribution in [0, 0.1) is 12.8 Å². The van der Waals surface area contributed by atoms with Crippen LogP contribution >= 0.6 is 12.4 Å². The number of benzene rings is 1. The highest BCUT2D eigenvalue weighted by Gasteiger charge is 2.38. The molecule has 3 unspecified atom stereocenters. The first kappa shape index (κ1) is 21.1. The maximum Gasteiger partial charge on any atom is 0.253 e. The second-order valence-electron chi connectivity index (χ2n) is 8.55. The highest BCUT2D eigenvalue weighted by molar-refractivity contribution is 5.94. The van der Waals surface area contributed by atoms with Gasteiger partial charge in [-0.15, -0.1) is 12.4 Å². The van der Waals surface area contributed by atoms with Crippen LogP contribution in [0.1, 0.15) is 60.9 Å². The lowest BCUT2D eigenvalue weighted by atomic mass is 9.85. The average molecular weight is 406 g/mol. The van der Waals surface area contributed by atoms with Crippen LogP contribution in [0.3, 0.4) is 0 Å². The molecule has 2 N–H and O–H groups in total. The van der Waals surface area contributed by atoms with E-state index in [0.29, 0.717) is 25.0 Å². The number of carbonyl (C=O) groups excluding carboxylic acids is 2. The minimum Gasteiger partial charge on any atom is -0.352 e. The first-order valence-corrected chi connectivity index (χ1v) is 10.5. The topological polar surface area (TPSA) is 61.4 Å². The molecule has 1 aromatic carbocycles. The number of aryl methyl sites for hydroxylation is 1. The van der Waals surface area contributed by atoms with Gasteiger partial charge in [0.25, 0.3) is 5.91 Å². The highest BCUT2D eigenvalue weighted by atomic mass is 35.5. The van der Waals surface area contributed by atoms with Gasteiger partial charge in [-0.05, 0) is 57.1 Å². The SMILES string of the molecule is Cc1ccc(C(=O)N2CCC(NC(=O)C3CC4CCCCC4N3)CC2)cc1.Cl. The van der Waals surface area contributed by atoms with Crippen molar-refractivity contribution in [1.82, 2.24) is 15.5 Å². The number of amides is 2. The Morgan fingerprint density at radius 2 is 1.71 bits per heavy atom. The third kappa shape index (κ3) is 4.69. The molecule has 0 aromatic heterocycles. The van der Waals surface area contributed by atoms with E-state index in [1.54, 1.807) is 0 Å². The summed E-state index contributed by atoms with van der Waals surface area (Å²) in [6, 6.07) is 8.46. The van der Waals surface area contributed by atoms with Crippen LogP contribution in [-0.4, -0.2) is 47.9 Å². The summed E-state index contributed by atoms with van der Waals surface area (Å²) in [6.45, 7) is 3.44. The van der Waals surface area contributed by atoms with Gasteiger partial charge in [0.1, 0.15) is 0 Å². The zero-order valence-corrected chi connectivity index (χ0v) is 17.5. The summed E-state index contributed by atoms with van der Waals surface area (Å²) in [6.07, 6.45) is 7.74. The second kappa shape index (κ2) is 9.27. The molecule has 4 rings (SSSR count). The first-order valence-electron chi connectivity index (χ1n) is 10.5. The van der Waals surface area contributed by atoms with E-state index in [9.17, 15) is 9.59 Å². The Labute approximate surface area is 174 Å². The Balaban J connectivity index is 0.00000225. The molecule has 0 spiro atoms. The van der Waals surface area contributed by atoms with Gasteiger partial charge < -0.3 is 15.5 Å². The molecule has 3 fully saturated rings. The van der Waals surface area contributed by atoms with Crippen LogP contribution in [0.2, 0.25) is 0 Å². The molecule has 3 aliphatic rings. The van der Waals surface area contributed by atoms with Gasteiger partial charge in [0.15, 0.2) is 0 Å². The van der Waals surface area contributed by atoms with Crippen LogP contribution in [0.5, 0.6) is 0 Å². The molecule has 0 radical (unpaired) electrons. The molecule has 2 saturated heterocycles. The lowest BCUT2D eigenvalue weighted by Gasteiger charge is -2.33. The van der Waals surface area contributed by atoms with E-state index in [0.717, 1.165) is 30.4 Å². The number of rotatable bonds is 3. The number of halogens is 1. The molecule has 2 aliphatic heterocycles. The molecule has 1 aromatic rings. The van der Waals surface area contributed by atoms with Gasteiger partial charge in [-0.2, -0.15) is 0 Å². The van der Waals surface area contributed by atoms with E-state index in [-0.39, 0.29) is 36.3 Å². The number of carbonyl (C=O) groups is 2. The summed E-state index contributed by atoms with van der Waals surface area (Å²) in [7, 11) is 0. The van der Waals surface area contributed by atoms with E-state index >= 15 is 0 Å². The van der Waals surface area contributed by atoms with Crippen LogP contribution < -0.4 is 10.6 Å². The zero-order chi connectivity index (χ0) is 18.8. The summed E-state index contributed by atoms with van der Waals surface area (Å²) in [5.74, 6) is 0.942. The van der Waals surface area contributed by atoms with Gasteiger partial charge in [-0.25, -0.2) is 0 Å². The molecule has 2 heterocycles. The van der Waals surface area contributed by atoms with Gasteiger partial charge in [0.05, 0.1) is 6.04 Å². The molecule has 5 nitrogen and oxygen atoms in total. The predicted molar refractivity (Wildman–Crippen MR) is 113 cm³/mol. The number of fused-ring (bicyclic) bond motifs is 1. The normalized spacial score (nSPS) is 27.6. The number of nitrogens with one attached hydrogen (secondary N) is 2. The van der Waals surface area contributed by atoms with Crippen molar-refractivity contribution in [3.63, 3.8) is 0 Å². The quantitative estimate of drug-likeness (QED) is 0.812. The number of nitrogens with zero attached hydrogens (tertiary/aromatic N) is 1. The summed E-state index contributed by atoms with van der Waals surface area (Å²) in [5.41, 5.74) is 1.91. The summed E-state index contributed by atoms with van der Waals surface area (Å²) >= 11 is 0. The van der Waals surface area contributed by atoms with Crippen molar-refractivity contribution in [1.29, 1.82) is 0 Å². The van der Waals surface area contributed by atoms with Crippen LogP contribution in [0.4, 0.5) is 0 Å². The van der Waals surface area contributed by atoms with Gasteiger partial charge in [0, 0.05) is 30.7 Å². The molecule has 1 aliphatic carbocycles. The summed E-state index contributed by atoms with van der Waals surface area (Å²) in [5, 5.41) is 6.80. The predicted octanol–water partition coefficient (Wildman–Crippen LogP) is 3.06. The Hall–Kier alpha value is -1.59. The molecule has 154 valence electrons. The fourth-order valence-corrected chi connectivity index (χ4v) is 4.93. The lowest BCUT2D eigenvalue weighted by molar-refractivity contribution is -0.123. The number of likely N-dealkylation sites (tertiary alicyclic amines) is 1. The first-order chi connectivity index (χ1) is 13.1.